The summed E-state index contributed by atoms with van der Waals surface area (Å²) < 4.78 is 107. The molecule has 0 saturated heterocycles. The second kappa shape index (κ2) is 36.8. The van der Waals surface area contributed by atoms with E-state index in [1.807, 2.05) is 190 Å². The third-order valence-corrected chi connectivity index (χ3v) is 18.6. The first-order valence-electron chi connectivity index (χ1n) is 32.1. The summed E-state index contributed by atoms with van der Waals surface area (Å²) in [6, 6.07) is 46.8. The van der Waals surface area contributed by atoms with E-state index in [1.54, 1.807) is 18.3 Å². The minimum atomic E-state index is -4.39. The number of anilines is 2. The molecule has 0 bridgehead atoms. The van der Waals surface area contributed by atoms with Crippen LogP contribution in [0, 0.1) is 13.8 Å². The summed E-state index contributed by atoms with van der Waals surface area (Å²) in [6.07, 6.45) is 22.1. The number of ether oxygens (including phenoxy) is 1. The Balaban J connectivity index is 0.000000279. The summed E-state index contributed by atoms with van der Waals surface area (Å²) in [6.45, 7) is 20.0. The molecule has 0 radical (unpaired) electrons. The SMILES string of the molecule is C(CC=Nc1ccccc1)=Nc1ccccc1.CC(=O)OC(C)=O.Cc1ccc2c(c1)C(C)(C)/C(=C\C=C\C=Nc1ccccc1)N2CCCS(=O)(=O)[O-].Cc1ccc2c(c1)C(C)(C)\C(=C/C=C/C=C/C1=[N+](CCCS(=O)(=O)[O-])c3ccc(C(=O)O)cc3C1(C)C)N2CCCS(=O)(=O)[O-].Cl. The molecular formula is C76H87ClN6O14S3-2. The summed E-state index contributed by atoms with van der Waals surface area (Å²) in [5.74, 6) is -3.49. The van der Waals surface area contributed by atoms with Gasteiger partial charge in [-0.05, 0) is 131 Å². The lowest BCUT2D eigenvalue weighted by Crippen LogP contribution is -2.28. The van der Waals surface area contributed by atoms with Gasteiger partial charge in [-0.2, -0.15) is 4.58 Å². The largest absolute Gasteiger partial charge is 0.748 e. The van der Waals surface area contributed by atoms with Crippen molar-refractivity contribution in [3.63, 3.8) is 0 Å². The maximum absolute atomic E-state index is 11.7. The Bertz CT molecular complexity index is 4430. The third-order valence-electron chi connectivity index (χ3n) is 16.2. The molecule has 0 spiro atoms. The van der Waals surface area contributed by atoms with E-state index in [-0.39, 0.29) is 60.4 Å². The van der Waals surface area contributed by atoms with Gasteiger partial charge in [0.1, 0.15) is 6.54 Å². The number of aryl methyl sites for hydroxylation is 2. The van der Waals surface area contributed by atoms with Gasteiger partial charge < -0.3 is 33.3 Å². The van der Waals surface area contributed by atoms with Gasteiger partial charge in [0.15, 0.2) is 5.71 Å². The molecule has 6 aromatic rings. The highest BCUT2D eigenvalue weighted by Gasteiger charge is 2.45. The Labute approximate surface area is 595 Å². The molecule has 3 heterocycles. The molecule has 0 aliphatic carbocycles. The van der Waals surface area contributed by atoms with E-state index < -0.39 is 65.2 Å². The first-order valence-corrected chi connectivity index (χ1v) is 36.8. The Hall–Kier alpha value is -9.07. The van der Waals surface area contributed by atoms with Crippen molar-refractivity contribution in [2.45, 2.75) is 111 Å². The maximum atomic E-state index is 11.7. The van der Waals surface area contributed by atoms with Crippen LogP contribution in [-0.4, -0.2) is 128 Å². The summed E-state index contributed by atoms with van der Waals surface area (Å²) in [4.78, 5) is 48.5. The number of rotatable bonds is 23. The van der Waals surface area contributed by atoms with Crippen LogP contribution in [0.1, 0.15) is 119 Å². The van der Waals surface area contributed by atoms with E-state index >= 15 is 0 Å². The number of para-hydroxylation sites is 3. The predicted molar refractivity (Wildman–Crippen MR) is 399 cm³/mol. The number of halogens is 1. The molecule has 0 saturated carbocycles. The highest BCUT2D eigenvalue weighted by Crippen LogP contribution is 2.50. The zero-order valence-electron chi connectivity index (χ0n) is 57.8. The monoisotopic (exact) mass is 1440 g/mol. The van der Waals surface area contributed by atoms with Crippen LogP contribution >= 0.6 is 12.4 Å². The molecule has 0 unspecified atom stereocenters. The van der Waals surface area contributed by atoms with Gasteiger partial charge in [-0.1, -0.05) is 142 Å². The van der Waals surface area contributed by atoms with Gasteiger partial charge in [-0.25, -0.2) is 30.0 Å². The van der Waals surface area contributed by atoms with E-state index in [0.717, 1.165) is 74.3 Å². The highest BCUT2D eigenvalue weighted by atomic mass is 35.5. The van der Waals surface area contributed by atoms with Crippen molar-refractivity contribution in [3.05, 3.63) is 239 Å². The van der Waals surface area contributed by atoms with Crippen LogP contribution in [0.3, 0.4) is 0 Å². The van der Waals surface area contributed by atoms with Gasteiger partial charge in [0.25, 0.3) is 0 Å². The number of carbonyl (C=O) groups is 3. The maximum Gasteiger partial charge on any atom is 0.335 e. The molecule has 0 fully saturated rings. The number of carbonyl (C=O) groups excluding carboxylic acids is 2. The lowest BCUT2D eigenvalue weighted by Gasteiger charge is -2.27. The molecule has 6 aromatic carbocycles. The fourth-order valence-corrected chi connectivity index (χ4v) is 13.0. The molecule has 0 atom stereocenters. The number of carboxylic acid groups (broad SMARTS) is 1. The van der Waals surface area contributed by atoms with Crippen LogP contribution in [0.25, 0.3) is 0 Å². The fourth-order valence-electron chi connectivity index (χ4n) is 11.6. The highest BCUT2D eigenvalue weighted by molar-refractivity contribution is 7.86. The molecular weight excluding hydrogens is 1350 g/mol. The number of benzene rings is 6. The Morgan fingerprint density at radius 3 is 1.35 bits per heavy atom. The second-order valence-electron chi connectivity index (χ2n) is 25.1. The third kappa shape index (κ3) is 24.7. The average molecular weight is 1440 g/mol. The van der Waals surface area contributed by atoms with Gasteiger partial charge in [0.05, 0.1) is 58.4 Å². The minimum Gasteiger partial charge on any atom is -0.748 e. The van der Waals surface area contributed by atoms with Crippen molar-refractivity contribution >= 4 is 119 Å². The van der Waals surface area contributed by atoms with E-state index in [1.165, 1.54) is 31.0 Å². The number of nitrogens with zero attached hydrogens (tertiary/aromatic N) is 6. The molecule has 3 aliphatic rings. The Kier molecular flexibility index (Phi) is 30.1. The smallest absolute Gasteiger partial charge is 0.335 e. The van der Waals surface area contributed by atoms with Crippen LogP contribution in [0.4, 0.5) is 34.1 Å². The minimum absolute atomic E-state index is 0. The number of carboxylic acids is 1. The first kappa shape index (κ1) is 81.6. The van der Waals surface area contributed by atoms with E-state index in [2.05, 4.69) is 88.4 Å². The number of esters is 2. The van der Waals surface area contributed by atoms with Gasteiger partial charge >= 0.3 is 17.9 Å². The summed E-state index contributed by atoms with van der Waals surface area (Å²) in [7, 11) is -12.9. The molecule has 0 aromatic heterocycles. The fraction of sp³-hybridized carbons (Fsp3) is 0.303. The van der Waals surface area contributed by atoms with Crippen LogP contribution in [0.2, 0.25) is 0 Å². The summed E-state index contributed by atoms with van der Waals surface area (Å²) in [5, 5.41) is 9.55. The quantitative estimate of drug-likeness (QED) is 0.0156. The van der Waals surface area contributed by atoms with Crippen molar-refractivity contribution < 1.29 is 67.7 Å². The van der Waals surface area contributed by atoms with Crippen molar-refractivity contribution in [2.75, 3.05) is 46.7 Å². The van der Waals surface area contributed by atoms with Crippen molar-refractivity contribution in [1.29, 1.82) is 0 Å². The number of aromatic carboxylic acids is 1. The lowest BCUT2D eigenvalue weighted by atomic mass is 9.81. The standard InChI is InChI=1S/C33H40N2O8S2.C24H28N2O3S.C15H14N2.C4H6O3.ClH/c1-23-13-15-27-25(21-23)32(2,3)29(34(27)17-9-19-44(38,39)40)11-7-6-8-12-30-33(4,5)26-22-24(31(36)37)14-16-28(26)35(30)18-10-20-45(41,42)43;1-19-13-14-22-21(18-19)24(2,3)23(26(22)16-9-17-30(27,28)29)12-7-8-15-25-20-10-5-4-6-11-20;1-3-8-14(9-4-1)16-12-7-13-17-15-10-5-2-6-11-15;1-3(5)7-4(2)6;/h6-8,11-16,21-22H,9-10,17-20H2,1-5H3,(H2-,36,37,38,39,40,41,42,43);4-8,10-15,18H,9,16-17H2,1-3H3,(H,27,28,29);1-6,8-13H,7H2;1-2H3;1H/p-2/b;8-7+,23-12+,25-15?;;;. The topological polar surface area (TPSA) is 299 Å². The van der Waals surface area contributed by atoms with Crippen molar-refractivity contribution in [2.24, 2.45) is 15.0 Å². The number of hydrogen-bond donors (Lipinski definition) is 1. The van der Waals surface area contributed by atoms with Gasteiger partial charge in [0.2, 0.25) is 5.69 Å². The molecule has 20 nitrogen and oxygen atoms in total. The molecule has 9 rings (SSSR count). The Morgan fingerprint density at radius 2 is 0.940 bits per heavy atom. The second-order valence-corrected chi connectivity index (χ2v) is 29.7. The van der Waals surface area contributed by atoms with Crippen LogP contribution in [0.15, 0.2) is 221 Å². The van der Waals surface area contributed by atoms with E-state index in [0.29, 0.717) is 13.1 Å². The van der Waals surface area contributed by atoms with E-state index in [9.17, 15) is 58.4 Å². The Morgan fingerprint density at radius 1 is 0.520 bits per heavy atom. The normalized spacial score (nSPS) is 15.9. The molecule has 1 N–H and O–H groups in total. The van der Waals surface area contributed by atoms with Crippen molar-refractivity contribution in [1.82, 2.24) is 0 Å². The van der Waals surface area contributed by atoms with Gasteiger partial charge in [0, 0.05) is 127 Å². The average Bonchev–Trinajstić information content (AvgIpc) is 1.61. The summed E-state index contributed by atoms with van der Waals surface area (Å²) in [5.41, 5.74) is 12.8. The van der Waals surface area contributed by atoms with Gasteiger partial charge in [-0.3, -0.25) is 24.6 Å². The predicted octanol–water partition coefficient (Wildman–Crippen LogP) is 14.3. The first-order chi connectivity index (χ1) is 46.6. The molecule has 100 heavy (non-hydrogen) atoms. The van der Waals surface area contributed by atoms with Gasteiger partial charge in [-0.15, -0.1) is 12.4 Å². The number of hydrogen-bond acceptors (Lipinski definition) is 18. The number of allylic oxidation sites excluding steroid dienone is 10. The molecule has 532 valence electrons. The molecule has 0 amide bonds. The lowest BCUT2D eigenvalue weighted by molar-refractivity contribution is -0.437. The zero-order valence-corrected chi connectivity index (χ0v) is 61.1. The van der Waals surface area contributed by atoms with Crippen LogP contribution < -0.4 is 9.80 Å². The van der Waals surface area contributed by atoms with E-state index in [4.69, 9.17) is 0 Å². The number of aliphatic imine (C=N–C) groups is 3. The summed E-state index contributed by atoms with van der Waals surface area (Å²) >= 11 is 0. The molecule has 24 heteroatoms. The van der Waals surface area contributed by atoms with Crippen LogP contribution in [-0.2, 0) is 60.9 Å². The zero-order chi connectivity index (χ0) is 72.8. The van der Waals surface area contributed by atoms with Crippen molar-refractivity contribution in [3.8, 4) is 0 Å². The molecule has 3 aliphatic heterocycles. The van der Waals surface area contributed by atoms with Crippen LogP contribution in [0.5, 0.6) is 0 Å². The number of fused-ring (bicyclic) bond motifs is 3.